The van der Waals surface area contributed by atoms with Crippen LogP contribution >= 0.6 is 0 Å². The van der Waals surface area contributed by atoms with Crippen LogP contribution in [0.15, 0.2) is 103 Å². The number of nitrogens with zero attached hydrogens (tertiary/aromatic N) is 1. The Kier molecular flexibility index (Phi) is 6.04. The van der Waals surface area contributed by atoms with E-state index in [0.717, 1.165) is 28.7 Å². The Morgan fingerprint density at radius 2 is 1.47 bits per heavy atom. The molecule has 0 fully saturated rings. The Balaban J connectivity index is 1.31. The Hall–Kier alpha value is -4.64. The van der Waals surface area contributed by atoms with Crippen molar-refractivity contribution >= 4 is 28.3 Å². The highest BCUT2D eigenvalue weighted by Crippen LogP contribution is 2.38. The Labute approximate surface area is 221 Å². The van der Waals surface area contributed by atoms with E-state index in [9.17, 15) is 9.59 Å². The van der Waals surface area contributed by atoms with Gasteiger partial charge in [0.25, 0.3) is 11.8 Å². The highest BCUT2D eigenvalue weighted by Gasteiger charge is 2.34. The lowest BCUT2D eigenvalue weighted by Crippen LogP contribution is -2.40. The van der Waals surface area contributed by atoms with Crippen LogP contribution in [0, 0.1) is 0 Å². The Bertz CT molecular complexity index is 1590. The molecule has 0 bridgehead atoms. The predicted molar refractivity (Wildman–Crippen MR) is 150 cm³/mol. The van der Waals surface area contributed by atoms with Gasteiger partial charge in [0, 0.05) is 16.5 Å². The summed E-state index contributed by atoms with van der Waals surface area (Å²) < 4.78 is 11.6. The highest BCUT2D eigenvalue weighted by molar-refractivity contribution is 6.36. The Morgan fingerprint density at radius 1 is 0.789 bits per heavy atom. The number of imide groups is 1. The molecule has 2 amide bonds. The second kappa shape index (κ2) is 9.67. The average Bonchev–Trinajstić information content (AvgIpc) is 3.45. The van der Waals surface area contributed by atoms with Crippen molar-refractivity contribution in [1.29, 1.82) is 0 Å². The lowest BCUT2D eigenvalue weighted by molar-refractivity contribution is 0.0893. The number of ether oxygens (including phenoxy) is 2. The molecule has 0 spiro atoms. The highest BCUT2D eigenvalue weighted by atomic mass is 16.5. The van der Waals surface area contributed by atoms with Crippen LogP contribution in [0.3, 0.4) is 0 Å². The van der Waals surface area contributed by atoms with Crippen molar-refractivity contribution < 1.29 is 19.1 Å². The summed E-state index contributed by atoms with van der Waals surface area (Å²) in [5, 5.41) is 1.57. The van der Waals surface area contributed by atoms with E-state index in [1.165, 1.54) is 10.5 Å². The van der Waals surface area contributed by atoms with Gasteiger partial charge < -0.3 is 9.47 Å². The van der Waals surface area contributed by atoms with E-state index in [4.69, 9.17) is 9.47 Å². The zero-order chi connectivity index (χ0) is 26.2. The van der Waals surface area contributed by atoms with Gasteiger partial charge in [0.15, 0.2) is 0 Å². The first-order chi connectivity index (χ1) is 18.5. The van der Waals surface area contributed by atoms with Crippen LogP contribution in [-0.2, 0) is 0 Å². The first-order valence-corrected chi connectivity index (χ1v) is 12.8. The average molecular weight is 502 g/mol. The number of anilines is 1. The zero-order valence-electron chi connectivity index (χ0n) is 21.3. The number of hydrogen-bond donors (Lipinski definition) is 0. The topological polar surface area (TPSA) is 55.8 Å². The first kappa shape index (κ1) is 23.7. The van der Waals surface area contributed by atoms with Crippen molar-refractivity contribution in [2.75, 3.05) is 11.5 Å². The molecule has 0 saturated heterocycles. The van der Waals surface area contributed by atoms with E-state index in [1.807, 2.05) is 68.5 Å². The molecule has 4 aromatic rings. The third kappa shape index (κ3) is 4.26. The molecule has 1 aliphatic heterocycles. The van der Waals surface area contributed by atoms with E-state index >= 15 is 0 Å². The third-order valence-electron chi connectivity index (χ3n) is 6.81. The van der Waals surface area contributed by atoms with E-state index in [-0.39, 0.29) is 17.9 Å². The molecule has 188 valence electrons. The molecule has 0 unspecified atom stereocenters. The van der Waals surface area contributed by atoms with E-state index in [2.05, 4.69) is 12.2 Å². The van der Waals surface area contributed by atoms with Crippen LogP contribution in [0.1, 0.15) is 41.0 Å². The summed E-state index contributed by atoms with van der Waals surface area (Å²) >= 11 is 0. The molecule has 38 heavy (non-hydrogen) atoms. The van der Waals surface area contributed by atoms with Crippen molar-refractivity contribution in [3.8, 4) is 22.6 Å². The quantitative estimate of drug-likeness (QED) is 0.248. The van der Waals surface area contributed by atoms with Crippen molar-refractivity contribution in [2.24, 2.45) is 0 Å². The minimum Gasteiger partial charge on any atom is -0.491 e. The molecule has 0 radical (unpaired) electrons. The lowest BCUT2D eigenvalue weighted by Gasteiger charge is -2.28. The summed E-state index contributed by atoms with van der Waals surface area (Å²) in [5.41, 5.74) is 4.71. The summed E-state index contributed by atoms with van der Waals surface area (Å²) in [6.07, 6.45) is 7.17. The third-order valence-corrected chi connectivity index (χ3v) is 6.81. The van der Waals surface area contributed by atoms with E-state index in [1.54, 1.807) is 30.3 Å². The number of hydrogen-bond acceptors (Lipinski definition) is 4. The summed E-state index contributed by atoms with van der Waals surface area (Å²) in [4.78, 5) is 28.5. The van der Waals surface area contributed by atoms with Gasteiger partial charge in [-0.1, -0.05) is 48.6 Å². The van der Waals surface area contributed by atoms with Gasteiger partial charge in [0.2, 0.25) is 0 Å². The molecular weight excluding hydrogens is 474 g/mol. The fraction of sp³-hybridized carbons (Fsp3) is 0.152. The molecule has 4 aromatic carbocycles. The predicted octanol–water partition coefficient (Wildman–Crippen LogP) is 7.36. The van der Waals surface area contributed by atoms with Gasteiger partial charge in [-0.25, -0.2) is 4.90 Å². The van der Waals surface area contributed by atoms with Gasteiger partial charge in [-0.15, -0.1) is 0 Å². The maximum atomic E-state index is 13.6. The van der Waals surface area contributed by atoms with Crippen molar-refractivity contribution in [1.82, 2.24) is 0 Å². The molecule has 2 aliphatic rings. The zero-order valence-corrected chi connectivity index (χ0v) is 21.3. The van der Waals surface area contributed by atoms with E-state index in [0.29, 0.717) is 34.6 Å². The number of carbonyl (C=O) groups is 2. The SMILES string of the molecule is CC(C)Oc1ccc(-c2ccc3c4c(cccc24)C(=O)N(c2ccc(OCC4=CC=CC4)cc2)C3=O)cc1. The number of benzene rings is 4. The Morgan fingerprint density at radius 3 is 2.16 bits per heavy atom. The van der Waals surface area contributed by atoms with Crippen LogP contribution in [0.2, 0.25) is 0 Å². The van der Waals surface area contributed by atoms with Gasteiger partial charge in [-0.2, -0.15) is 0 Å². The molecule has 1 aliphatic carbocycles. The summed E-state index contributed by atoms with van der Waals surface area (Å²) in [5.74, 6) is 0.829. The van der Waals surface area contributed by atoms with Crippen LogP contribution in [0.25, 0.3) is 21.9 Å². The van der Waals surface area contributed by atoms with Crippen LogP contribution in [-0.4, -0.2) is 24.5 Å². The van der Waals surface area contributed by atoms with Gasteiger partial charge in [0.05, 0.1) is 11.8 Å². The first-order valence-electron chi connectivity index (χ1n) is 12.8. The molecule has 5 nitrogen and oxygen atoms in total. The van der Waals surface area contributed by atoms with Crippen LogP contribution in [0.5, 0.6) is 11.5 Å². The minimum atomic E-state index is -0.332. The molecule has 0 atom stereocenters. The standard InChI is InChI=1S/C33H27NO4/c1-21(2)38-26-14-10-23(11-15-26)27-18-19-30-31-28(27)8-5-9-29(31)32(35)34(33(30)36)24-12-16-25(17-13-24)37-20-22-6-3-4-7-22/h3-6,8-19,21H,7,20H2,1-2H3. The van der Waals surface area contributed by atoms with Crippen molar-refractivity contribution in [3.63, 3.8) is 0 Å². The molecule has 0 N–H and O–H groups in total. The molecule has 5 heteroatoms. The van der Waals surface area contributed by atoms with Gasteiger partial charge in [-0.05, 0) is 90.9 Å². The van der Waals surface area contributed by atoms with Crippen molar-refractivity contribution in [3.05, 3.63) is 114 Å². The number of allylic oxidation sites excluding steroid dienone is 3. The fourth-order valence-electron chi connectivity index (χ4n) is 5.03. The van der Waals surface area contributed by atoms with Gasteiger partial charge in [0.1, 0.15) is 18.1 Å². The lowest BCUT2D eigenvalue weighted by atomic mass is 9.89. The molecule has 0 aromatic heterocycles. The fourth-order valence-corrected chi connectivity index (χ4v) is 5.03. The summed E-state index contributed by atoms with van der Waals surface area (Å²) in [7, 11) is 0. The molecule has 6 rings (SSSR count). The van der Waals surface area contributed by atoms with Crippen LogP contribution < -0.4 is 14.4 Å². The summed E-state index contributed by atoms with van der Waals surface area (Å²) in [6.45, 7) is 4.50. The maximum Gasteiger partial charge on any atom is 0.265 e. The van der Waals surface area contributed by atoms with Gasteiger partial charge >= 0.3 is 0 Å². The maximum absolute atomic E-state index is 13.6. The second-order valence-electron chi connectivity index (χ2n) is 9.77. The largest absolute Gasteiger partial charge is 0.491 e. The van der Waals surface area contributed by atoms with Crippen molar-refractivity contribution in [2.45, 2.75) is 26.4 Å². The number of carbonyl (C=O) groups excluding carboxylic acids is 2. The number of amides is 2. The molecule has 1 heterocycles. The monoisotopic (exact) mass is 501 g/mol. The van der Waals surface area contributed by atoms with Crippen LogP contribution in [0.4, 0.5) is 5.69 Å². The smallest absolute Gasteiger partial charge is 0.265 e. The normalized spacial score (nSPS) is 14.4. The van der Waals surface area contributed by atoms with Gasteiger partial charge in [-0.3, -0.25) is 9.59 Å². The number of rotatable bonds is 7. The molecular formula is C33H27NO4. The molecule has 0 saturated carbocycles. The second-order valence-corrected chi connectivity index (χ2v) is 9.77. The summed E-state index contributed by atoms with van der Waals surface area (Å²) in [6, 6.07) is 24.4. The van der Waals surface area contributed by atoms with E-state index < -0.39 is 0 Å². The minimum absolute atomic E-state index is 0.0946.